The highest BCUT2D eigenvalue weighted by Crippen LogP contribution is 2.33. The summed E-state index contributed by atoms with van der Waals surface area (Å²) in [5, 5.41) is 8.34. The molecule has 0 saturated carbocycles. The summed E-state index contributed by atoms with van der Waals surface area (Å²) in [5.74, 6) is 0.298. The topological polar surface area (TPSA) is 71.3 Å². The van der Waals surface area contributed by atoms with Gasteiger partial charge in [-0.2, -0.15) is 0 Å². The minimum atomic E-state index is -0.373. The Morgan fingerprint density at radius 1 is 1.19 bits per heavy atom. The maximum Gasteiger partial charge on any atom is 0.287 e. The number of amides is 2. The number of thioether (sulfide) groups is 1. The van der Waals surface area contributed by atoms with Crippen molar-refractivity contribution in [2.24, 2.45) is 0 Å². The van der Waals surface area contributed by atoms with Crippen LogP contribution >= 0.6 is 23.1 Å². The second-order valence-electron chi connectivity index (χ2n) is 6.03. The highest BCUT2D eigenvalue weighted by molar-refractivity contribution is 8.00. The van der Waals surface area contributed by atoms with E-state index in [9.17, 15) is 9.59 Å². The first-order valence-electron chi connectivity index (χ1n) is 8.29. The number of carbonyl (C=O) groups is 2. The highest BCUT2D eigenvalue weighted by Gasteiger charge is 2.21. The van der Waals surface area contributed by atoms with Gasteiger partial charge in [-0.15, -0.1) is 23.1 Å². The Bertz CT molecular complexity index is 901. The van der Waals surface area contributed by atoms with Crippen molar-refractivity contribution in [3.63, 3.8) is 0 Å². The van der Waals surface area contributed by atoms with Gasteiger partial charge in [0.1, 0.15) is 5.58 Å². The molecule has 3 aromatic rings. The average molecular weight is 389 g/mol. The lowest BCUT2D eigenvalue weighted by atomic mass is 10.1. The predicted molar refractivity (Wildman–Crippen MR) is 106 cm³/mol. The van der Waals surface area contributed by atoms with Crippen LogP contribution in [0, 0.1) is 0 Å². The van der Waals surface area contributed by atoms with E-state index in [-0.39, 0.29) is 30.2 Å². The molecule has 26 heavy (non-hydrogen) atoms. The fraction of sp³-hybridized carbons (Fsp3) is 0.263. The third-order valence-corrected chi connectivity index (χ3v) is 5.77. The number of para-hydroxylation sites is 1. The molecule has 0 bridgehead atoms. The van der Waals surface area contributed by atoms with Crippen LogP contribution in [0.4, 0.5) is 0 Å². The summed E-state index contributed by atoms with van der Waals surface area (Å²) < 4.78 is 6.97. The normalized spacial score (nSPS) is 11.0. The minimum Gasteiger partial charge on any atom is -0.451 e. The summed E-state index contributed by atoms with van der Waals surface area (Å²) in [4.78, 5) is 24.4. The third kappa shape index (κ3) is 4.47. The van der Waals surface area contributed by atoms with Gasteiger partial charge in [-0.25, -0.2) is 0 Å². The van der Waals surface area contributed by atoms with Crippen molar-refractivity contribution >= 4 is 45.9 Å². The van der Waals surface area contributed by atoms with Crippen molar-refractivity contribution in [3.05, 3.63) is 53.1 Å². The Hall–Kier alpha value is -2.25. The van der Waals surface area contributed by atoms with Gasteiger partial charge >= 0.3 is 0 Å². The van der Waals surface area contributed by atoms with Crippen molar-refractivity contribution in [2.45, 2.75) is 29.9 Å². The Morgan fingerprint density at radius 3 is 2.73 bits per heavy atom. The molecular formula is C19H20N2O3S2. The van der Waals surface area contributed by atoms with E-state index in [1.807, 2.05) is 55.6 Å². The molecule has 3 rings (SSSR count). The van der Waals surface area contributed by atoms with Crippen LogP contribution in [0.5, 0.6) is 0 Å². The highest BCUT2D eigenvalue weighted by atomic mass is 32.2. The second-order valence-corrected chi connectivity index (χ2v) is 8.25. The molecule has 2 N–H and O–H groups in total. The lowest BCUT2D eigenvalue weighted by Crippen LogP contribution is -2.39. The number of benzene rings is 1. The first-order chi connectivity index (χ1) is 12.5. The van der Waals surface area contributed by atoms with Gasteiger partial charge in [0.25, 0.3) is 5.91 Å². The third-order valence-electron chi connectivity index (χ3n) is 3.62. The molecule has 5 nitrogen and oxygen atoms in total. The molecule has 0 radical (unpaired) electrons. The first-order valence-corrected chi connectivity index (χ1v) is 10.2. The minimum absolute atomic E-state index is 0.0309. The summed E-state index contributed by atoms with van der Waals surface area (Å²) >= 11 is 3.33. The summed E-state index contributed by atoms with van der Waals surface area (Å²) in [6.07, 6.45) is 0. The molecule has 0 saturated heterocycles. The second kappa shape index (κ2) is 8.42. The van der Waals surface area contributed by atoms with Crippen LogP contribution < -0.4 is 10.6 Å². The summed E-state index contributed by atoms with van der Waals surface area (Å²) in [6.45, 7) is 3.67. The van der Waals surface area contributed by atoms with Gasteiger partial charge in [-0.3, -0.25) is 9.59 Å². The number of hydrogen-bond acceptors (Lipinski definition) is 5. The van der Waals surface area contributed by atoms with Crippen LogP contribution in [0.1, 0.15) is 30.0 Å². The number of carbonyl (C=O) groups excluding carboxylic acids is 2. The Kier molecular flexibility index (Phi) is 6.00. The van der Waals surface area contributed by atoms with Crippen LogP contribution in [0.25, 0.3) is 11.0 Å². The molecule has 0 fully saturated rings. The van der Waals surface area contributed by atoms with Gasteiger partial charge in [-0.05, 0) is 31.4 Å². The molecule has 7 heteroatoms. The molecular weight excluding hydrogens is 368 g/mol. The van der Waals surface area contributed by atoms with E-state index in [0.29, 0.717) is 11.3 Å². The molecule has 2 heterocycles. The number of furan rings is 1. The Morgan fingerprint density at radius 2 is 2.00 bits per heavy atom. The summed E-state index contributed by atoms with van der Waals surface area (Å²) in [5.41, 5.74) is 1.52. The van der Waals surface area contributed by atoms with Crippen molar-refractivity contribution in [3.8, 4) is 0 Å². The molecule has 1 aromatic carbocycles. The summed E-state index contributed by atoms with van der Waals surface area (Å²) in [6, 6.07) is 11.7. The molecule has 0 aliphatic heterocycles. The zero-order valence-electron chi connectivity index (χ0n) is 14.6. The molecule has 136 valence electrons. The molecule has 0 aliphatic carbocycles. The number of hydrogen-bond donors (Lipinski definition) is 2. The van der Waals surface area contributed by atoms with Gasteiger partial charge in [0, 0.05) is 22.7 Å². The van der Waals surface area contributed by atoms with Crippen LogP contribution in [0.3, 0.4) is 0 Å². The van der Waals surface area contributed by atoms with Crippen molar-refractivity contribution in [1.82, 2.24) is 10.6 Å². The van der Waals surface area contributed by atoms with Crippen molar-refractivity contribution < 1.29 is 14.0 Å². The molecule has 2 aromatic heterocycles. The molecule has 0 atom stereocenters. The molecule has 2 amide bonds. The maximum absolute atomic E-state index is 12.6. The van der Waals surface area contributed by atoms with E-state index < -0.39 is 0 Å². The van der Waals surface area contributed by atoms with Crippen LogP contribution in [0.15, 0.2) is 50.4 Å². The van der Waals surface area contributed by atoms with Gasteiger partial charge in [0.15, 0.2) is 5.76 Å². The fourth-order valence-corrected chi connectivity index (χ4v) is 4.34. The van der Waals surface area contributed by atoms with E-state index in [2.05, 4.69) is 10.6 Å². The largest absolute Gasteiger partial charge is 0.451 e. The van der Waals surface area contributed by atoms with Crippen molar-refractivity contribution in [1.29, 1.82) is 0 Å². The van der Waals surface area contributed by atoms with Gasteiger partial charge < -0.3 is 15.1 Å². The van der Waals surface area contributed by atoms with Gasteiger partial charge in [0.2, 0.25) is 5.91 Å². The van der Waals surface area contributed by atoms with E-state index in [4.69, 9.17) is 4.42 Å². The predicted octanol–water partition coefficient (Wildman–Crippen LogP) is 4.04. The smallest absolute Gasteiger partial charge is 0.287 e. The van der Waals surface area contributed by atoms with E-state index in [0.717, 1.165) is 10.9 Å². The lowest BCUT2D eigenvalue weighted by molar-refractivity contribution is -0.120. The molecule has 0 aliphatic rings. The summed E-state index contributed by atoms with van der Waals surface area (Å²) in [7, 11) is 0. The SMILES string of the molecule is CC(C)NC(=O)CNC(=O)c1oc2ccccc2c1CSc1cccs1. The number of fused-ring (bicyclic) bond motifs is 1. The number of nitrogens with one attached hydrogen (secondary N) is 2. The quantitative estimate of drug-likeness (QED) is 0.599. The van der Waals surface area contributed by atoms with Crippen LogP contribution in [-0.2, 0) is 10.5 Å². The number of thiophene rings is 1. The van der Waals surface area contributed by atoms with Gasteiger partial charge in [0.05, 0.1) is 10.8 Å². The average Bonchev–Trinajstić information content (AvgIpc) is 3.24. The van der Waals surface area contributed by atoms with Gasteiger partial charge in [-0.1, -0.05) is 24.3 Å². The van der Waals surface area contributed by atoms with E-state index in [1.165, 1.54) is 4.21 Å². The maximum atomic E-state index is 12.6. The Balaban J connectivity index is 1.78. The van der Waals surface area contributed by atoms with E-state index >= 15 is 0 Å². The molecule has 0 unspecified atom stereocenters. The fourth-order valence-electron chi connectivity index (χ4n) is 2.53. The van der Waals surface area contributed by atoms with Crippen LogP contribution in [0.2, 0.25) is 0 Å². The van der Waals surface area contributed by atoms with Crippen molar-refractivity contribution in [2.75, 3.05) is 6.54 Å². The standard InChI is InChI=1S/C19H20N2O3S2/c1-12(2)21-16(22)10-20-19(23)18-14(11-26-17-8-5-9-25-17)13-6-3-4-7-15(13)24-18/h3-9,12H,10-11H2,1-2H3,(H,20,23)(H,21,22). The molecule has 0 spiro atoms. The van der Waals surface area contributed by atoms with E-state index in [1.54, 1.807) is 23.1 Å². The first kappa shape index (κ1) is 18.5. The van der Waals surface area contributed by atoms with Crippen LogP contribution in [-0.4, -0.2) is 24.4 Å². The zero-order valence-corrected chi connectivity index (χ0v) is 16.2. The number of rotatable bonds is 7. The zero-order chi connectivity index (χ0) is 18.5. The monoisotopic (exact) mass is 388 g/mol. The lowest BCUT2D eigenvalue weighted by Gasteiger charge is -2.09. The Labute approximate surface area is 160 Å².